The number of urea groups is 2. The Labute approximate surface area is 577 Å². The molecule has 8 amide bonds. The second-order valence-electron chi connectivity index (χ2n) is 24.1. The first-order valence-corrected chi connectivity index (χ1v) is 35.4. The molecule has 0 spiro atoms. The van der Waals surface area contributed by atoms with Crippen LogP contribution in [0.2, 0.25) is 0 Å². The molecule has 8 rings (SSSR count). The van der Waals surface area contributed by atoms with Crippen LogP contribution in [0, 0.1) is 5.92 Å². The van der Waals surface area contributed by atoms with Crippen LogP contribution in [-0.4, -0.2) is 140 Å². The summed E-state index contributed by atoms with van der Waals surface area (Å²) in [6.07, 6.45) is 7.31. The number of nitrogens with one attached hydrogen (secondary N) is 6. The lowest BCUT2D eigenvalue weighted by Crippen LogP contribution is -2.57. The van der Waals surface area contributed by atoms with Crippen LogP contribution < -0.4 is 31.9 Å². The fourth-order valence-electron chi connectivity index (χ4n) is 10.5. The van der Waals surface area contributed by atoms with Gasteiger partial charge in [-0.1, -0.05) is 135 Å². The number of nitrogens with zero attached hydrogens (tertiary/aromatic N) is 6. The molecule has 8 atom stereocenters. The van der Waals surface area contributed by atoms with E-state index in [9.17, 15) is 33.9 Å². The summed E-state index contributed by atoms with van der Waals surface area (Å²) >= 11 is 5.47. The maximum Gasteiger partial charge on any atom is 0.407 e. The third kappa shape index (κ3) is 24.8. The minimum Gasteiger partial charge on any atom is -0.444 e. The summed E-state index contributed by atoms with van der Waals surface area (Å²) < 4.78 is 17.5. The van der Waals surface area contributed by atoms with Crippen LogP contribution >= 0.6 is 45.3 Å². The number of aromatic nitrogens is 4. The van der Waals surface area contributed by atoms with Crippen LogP contribution in [0.15, 0.2) is 157 Å². The van der Waals surface area contributed by atoms with Gasteiger partial charge in [-0.3, -0.25) is 19.6 Å². The maximum atomic E-state index is 14.5. The highest BCUT2D eigenvalue weighted by Crippen LogP contribution is 2.30. The van der Waals surface area contributed by atoms with Crippen molar-refractivity contribution in [1.29, 1.82) is 0 Å². The molecule has 0 radical (unpaired) electrons. The fraction of sp³-hybridized carbons (Fsp3) is 0.400. The Hall–Kier alpha value is -8.66. The molecule has 0 aliphatic rings. The molecule has 26 heteroatoms. The Morgan fingerprint density at radius 3 is 1.26 bits per heavy atom. The number of rotatable bonds is 36. The van der Waals surface area contributed by atoms with Gasteiger partial charge in [-0.15, -0.1) is 45.3 Å². The number of ether oxygens (including phenoxy) is 3. The van der Waals surface area contributed by atoms with Crippen LogP contribution in [-0.2, 0) is 75.8 Å². The van der Waals surface area contributed by atoms with Crippen LogP contribution in [0.1, 0.15) is 95.1 Å². The Morgan fingerprint density at radius 2 is 0.844 bits per heavy atom. The third-order valence-electron chi connectivity index (χ3n) is 15.6. The van der Waals surface area contributed by atoms with Gasteiger partial charge in [-0.25, -0.2) is 29.1 Å². The van der Waals surface area contributed by atoms with Gasteiger partial charge in [0.25, 0.3) is 0 Å². The van der Waals surface area contributed by atoms with Crippen molar-refractivity contribution in [2.24, 2.45) is 5.92 Å². The normalized spacial score (nSPS) is 13.8. The molecule has 0 fully saturated rings. The number of hydrogen-bond donors (Lipinski definition) is 7. The molecule has 22 nitrogen and oxygen atoms in total. The molecule has 8 aromatic rings. The Bertz CT molecular complexity index is 3630. The fourth-order valence-corrected chi connectivity index (χ4v) is 13.5. The summed E-state index contributed by atoms with van der Waals surface area (Å²) in [5.41, 5.74) is 7.37. The van der Waals surface area contributed by atoms with Crippen LogP contribution in [0.4, 0.5) is 19.2 Å². The first-order valence-electron chi connectivity index (χ1n) is 32.0. The molecule has 0 aliphatic carbocycles. The lowest BCUT2D eigenvalue weighted by atomic mass is 9.95. The summed E-state index contributed by atoms with van der Waals surface area (Å²) in [7, 11) is 3.25. The summed E-state index contributed by atoms with van der Waals surface area (Å²) in [6, 6.07) is 34.2. The van der Waals surface area contributed by atoms with Gasteiger partial charge >= 0.3 is 24.2 Å². The van der Waals surface area contributed by atoms with E-state index in [0.717, 1.165) is 36.9 Å². The van der Waals surface area contributed by atoms with Crippen molar-refractivity contribution in [3.05, 3.63) is 199 Å². The summed E-state index contributed by atoms with van der Waals surface area (Å²) in [4.78, 5) is 106. The van der Waals surface area contributed by atoms with E-state index >= 15 is 0 Å². The summed E-state index contributed by atoms with van der Waals surface area (Å²) in [5.74, 6) is -0.762. The second-order valence-corrected chi connectivity index (χ2v) is 28.3. The van der Waals surface area contributed by atoms with E-state index in [2.05, 4.69) is 51.8 Å². The van der Waals surface area contributed by atoms with Crippen LogP contribution in [0.5, 0.6) is 0 Å². The predicted octanol–water partition coefficient (Wildman–Crippen LogP) is 10.7. The van der Waals surface area contributed by atoms with E-state index < -0.39 is 72.6 Å². The maximum absolute atomic E-state index is 14.5. The molecular formula is C70H86N12O10S4. The standard InChI is InChI=1S/C70H86N12O10S4/c1-46(2)41-90-48(4)62(80-68(87)81(5)39-57-35-71-44-93-57)64(85)76-54(32-50-21-13-8-14-22-50)28-30-56(34-52-25-17-10-18-26-52)78-70(89)92-43-60-38-74-66(96-60)65-73-37-58(95-65)40-82(6)67(86)79-61(47(3)83)63(84)75-53(31-49-19-11-7-12-20-49)27-29-55(33-51-23-15-9-16-24-51)77-69(88)91-42-59-36-72-45-94-59/h7-26,35-38,44-48,53-56,61-62,83H,27-34,39-43H2,1-6H3,(H,75,84)(H,76,85)(H,77,88)(H,78,89)(H,79,86)(H,80,87). The number of hydrogen-bond acceptors (Lipinski definition) is 18. The zero-order chi connectivity index (χ0) is 68.2. The van der Waals surface area contributed by atoms with Crippen molar-refractivity contribution < 1.29 is 48.1 Å². The average Bonchev–Trinajstić information content (AvgIpc) is 1.71. The number of benzene rings is 4. The highest BCUT2D eigenvalue weighted by molar-refractivity contribution is 7.21. The van der Waals surface area contributed by atoms with Crippen molar-refractivity contribution in [2.75, 3.05) is 20.7 Å². The lowest BCUT2D eigenvalue weighted by molar-refractivity contribution is -0.128. The first-order chi connectivity index (χ1) is 46.4. The van der Waals surface area contributed by atoms with E-state index in [1.165, 1.54) is 62.1 Å². The van der Waals surface area contributed by atoms with Gasteiger partial charge < -0.3 is 61.0 Å². The smallest absolute Gasteiger partial charge is 0.407 e. The van der Waals surface area contributed by atoms with Gasteiger partial charge in [0.1, 0.15) is 25.3 Å². The second kappa shape index (κ2) is 38.2. The number of carbonyl (C=O) groups is 6. The van der Waals surface area contributed by atoms with Crippen molar-refractivity contribution in [3.63, 3.8) is 0 Å². The minimum absolute atomic E-state index is 0.0680. The SMILES string of the molecule is CC(C)COC(C)C(NC(=O)N(C)Cc1cncs1)C(=O)NC(CCC(Cc1ccccc1)NC(=O)OCc1cnc(-c2ncc(CN(C)C(=O)NC(C(=O)NC(CCC(Cc3ccccc3)NC(=O)OCc3cncs3)Cc3ccccc3)C(C)O)s2)s1)Cc1ccccc1. The van der Waals surface area contributed by atoms with Crippen LogP contribution in [0.3, 0.4) is 0 Å². The van der Waals surface area contributed by atoms with Crippen LogP contribution in [0.25, 0.3) is 10.0 Å². The van der Waals surface area contributed by atoms with Gasteiger partial charge in [0.15, 0.2) is 10.0 Å². The molecule has 0 saturated heterocycles. The Balaban J connectivity index is 0.854. The van der Waals surface area contributed by atoms with Crippen molar-refractivity contribution in [1.82, 2.24) is 61.6 Å². The molecule has 0 saturated carbocycles. The monoisotopic (exact) mass is 1380 g/mol. The van der Waals surface area contributed by atoms with Gasteiger partial charge in [0, 0.05) is 79.4 Å². The Morgan fingerprint density at radius 1 is 0.469 bits per heavy atom. The molecule has 510 valence electrons. The number of aliphatic hydroxyl groups is 1. The molecule has 8 unspecified atom stereocenters. The van der Waals surface area contributed by atoms with E-state index in [1.54, 1.807) is 56.8 Å². The number of carbonyl (C=O) groups excluding carboxylic acids is 6. The third-order valence-corrected chi connectivity index (χ3v) is 19.2. The summed E-state index contributed by atoms with van der Waals surface area (Å²) in [5, 5.41) is 30.3. The topological polar surface area (TPSA) is 281 Å². The van der Waals surface area contributed by atoms with Gasteiger partial charge in [0.2, 0.25) is 11.8 Å². The van der Waals surface area contributed by atoms with Crippen molar-refractivity contribution >= 4 is 81.4 Å². The number of alkyl carbamates (subject to hydrolysis) is 2. The number of thiazole rings is 4. The average molecular weight is 1380 g/mol. The lowest BCUT2D eigenvalue weighted by Gasteiger charge is -2.30. The highest BCUT2D eigenvalue weighted by atomic mass is 32.1. The van der Waals surface area contributed by atoms with Crippen molar-refractivity contribution in [3.8, 4) is 10.0 Å². The highest BCUT2D eigenvalue weighted by Gasteiger charge is 2.33. The molecule has 4 aromatic carbocycles. The molecule has 96 heavy (non-hydrogen) atoms. The molecule has 7 N–H and O–H groups in total. The van der Waals surface area contributed by atoms with Gasteiger partial charge in [-0.05, 0) is 93.4 Å². The number of amides is 8. The van der Waals surface area contributed by atoms with Gasteiger partial charge in [0.05, 0.1) is 46.1 Å². The summed E-state index contributed by atoms with van der Waals surface area (Å²) in [6.45, 7) is 8.13. The predicted molar refractivity (Wildman–Crippen MR) is 374 cm³/mol. The molecule has 0 bridgehead atoms. The molecule has 4 aromatic heterocycles. The minimum atomic E-state index is -1.31. The van der Waals surface area contributed by atoms with E-state index in [0.29, 0.717) is 79.4 Å². The zero-order valence-corrected chi connectivity index (χ0v) is 58.1. The number of aliphatic hydroxyl groups excluding tert-OH is 1. The van der Waals surface area contributed by atoms with E-state index in [-0.39, 0.29) is 37.6 Å². The molecule has 0 aliphatic heterocycles. The molecular weight excluding hydrogens is 1300 g/mol. The zero-order valence-electron chi connectivity index (χ0n) is 54.8. The quantitative estimate of drug-likeness (QED) is 0.0192. The Kier molecular flexibility index (Phi) is 29.1. The van der Waals surface area contributed by atoms with E-state index in [4.69, 9.17) is 14.2 Å². The van der Waals surface area contributed by atoms with E-state index in [1.807, 2.05) is 135 Å². The molecule has 4 heterocycles. The largest absolute Gasteiger partial charge is 0.444 e. The first kappa shape index (κ1) is 73.2. The van der Waals surface area contributed by atoms with Gasteiger partial charge in [-0.2, -0.15) is 0 Å². The van der Waals surface area contributed by atoms with Crippen molar-refractivity contribution in [2.45, 2.75) is 154 Å².